The van der Waals surface area contributed by atoms with Gasteiger partial charge in [0.25, 0.3) is 0 Å². The van der Waals surface area contributed by atoms with Crippen LogP contribution in [0.1, 0.15) is 5.89 Å². The van der Waals surface area contributed by atoms with Crippen LogP contribution in [0.4, 0.5) is 0 Å². The Hall–Kier alpha value is -1.00. The van der Waals surface area contributed by atoms with Gasteiger partial charge < -0.3 is 9.52 Å². The minimum absolute atomic E-state index is 0.199. The van der Waals surface area contributed by atoms with Gasteiger partial charge in [-0.2, -0.15) is 0 Å². The minimum atomic E-state index is 0.199. The molecule has 0 aliphatic rings. The molecule has 0 aliphatic carbocycles. The lowest BCUT2D eigenvalue weighted by atomic mass is 10.3. The highest BCUT2D eigenvalue weighted by Gasteiger charge is 2.03. The van der Waals surface area contributed by atoms with Gasteiger partial charge >= 0.3 is 0 Å². The van der Waals surface area contributed by atoms with E-state index in [2.05, 4.69) is 4.98 Å². The second-order valence-electron chi connectivity index (χ2n) is 2.85. The fourth-order valence-corrected chi connectivity index (χ4v) is 1.78. The molecule has 1 heterocycles. The van der Waals surface area contributed by atoms with E-state index in [1.165, 1.54) is 0 Å². The van der Waals surface area contributed by atoms with Gasteiger partial charge in [-0.1, -0.05) is 12.1 Å². The first-order valence-electron chi connectivity index (χ1n) is 4.43. The van der Waals surface area contributed by atoms with E-state index in [9.17, 15) is 0 Å². The van der Waals surface area contributed by atoms with Crippen LogP contribution in [0.5, 0.6) is 0 Å². The number of thioether (sulfide) groups is 1. The maximum absolute atomic E-state index is 8.61. The number of hydrogen-bond acceptors (Lipinski definition) is 4. The molecule has 0 unspecified atom stereocenters. The lowest BCUT2D eigenvalue weighted by molar-refractivity contribution is 0.322. The molecule has 0 atom stereocenters. The molecule has 2 rings (SSSR count). The zero-order valence-electron chi connectivity index (χ0n) is 7.64. The van der Waals surface area contributed by atoms with E-state index in [4.69, 9.17) is 9.52 Å². The lowest BCUT2D eigenvalue weighted by Crippen LogP contribution is -1.87. The third-order valence-electron chi connectivity index (χ3n) is 1.80. The van der Waals surface area contributed by atoms with Crippen LogP contribution in [0.25, 0.3) is 11.1 Å². The minimum Gasteiger partial charge on any atom is -0.440 e. The zero-order chi connectivity index (χ0) is 9.80. The van der Waals surface area contributed by atoms with Gasteiger partial charge in [-0.05, 0) is 12.1 Å². The summed E-state index contributed by atoms with van der Waals surface area (Å²) >= 11 is 1.62. The number of para-hydroxylation sites is 2. The van der Waals surface area contributed by atoms with Crippen molar-refractivity contribution in [2.24, 2.45) is 0 Å². The summed E-state index contributed by atoms with van der Waals surface area (Å²) in [7, 11) is 0. The first-order valence-corrected chi connectivity index (χ1v) is 5.58. The second-order valence-corrected chi connectivity index (χ2v) is 3.96. The van der Waals surface area contributed by atoms with Gasteiger partial charge in [0, 0.05) is 5.75 Å². The molecule has 0 spiro atoms. The maximum atomic E-state index is 8.61. The van der Waals surface area contributed by atoms with Gasteiger partial charge in [-0.3, -0.25) is 0 Å². The Kier molecular flexibility index (Phi) is 3.06. The van der Waals surface area contributed by atoms with Gasteiger partial charge in [0.15, 0.2) is 5.58 Å². The highest BCUT2D eigenvalue weighted by Crippen LogP contribution is 2.18. The van der Waals surface area contributed by atoms with E-state index in [1.54, 1.807) is 11.8 Å². The number of aliphatic hydroxyl groups is 1. The Morgan fingerprint density at radius 1 is 1.36 bits per heavy atom. The van der Waals surface area contributed by atoms with Gasteiger partial charge in [0.05, 0.1) is 12.4 Å². The van der Waals surface area contributed by atoms with E-state index in [0.29, 0.717) is 0 Å². The fourth-order valence-electron chi connectivity index (χ4n) is 1.21. The largest absolute Gasteiger partial charge is 0.440 e. The first-order chi connectivity index (χ1) is 6.90. The van der Waals surface area contributed by atoms with Crippen molar-refractivity contribution in [3.05, 3.63) is 30.2 Å². The van der Waals surface area contributed by atoms with Crippen molar-refractivity contribution in [1.82, 2.24) is 4.98 Å². The molecular formula is C10H11NO2S. The molecule has 0 saturated carbocycles. The molecule has 0 saturated heterocycles. The SMILES string of the molecule is OCCSCc1nc2ccccc2o1. The van der Waals surface area contributed by atoms with Crippen LogP contribution < -0.4 is 0 Å². The van der Waals surface area contributed by atoms with E-state index in [0.717, 1.165) is 28.5 Å². The number of aromatic nitrogens is 1. The van der Waals surface area contributed by atoms with Gasteiger partial charge in [-0.25, -0.2) is 4.98 Å². The maximum Gasteiger partial charge on any atom is 0.205 e. The third kappa shape index (κ3) is 2.08. The molecule has 74 valence electrons. The van der Waals surface area contributed by atoms with Crippen molar-refractivity contribution < 1.29 is 9.52 Å². The molecular weight excluding hydrogens is 198 g/mol. The molecule has 0 amide bonds. The van der Waals surface area contributed by atoms with Crippen LogP contribution in [0, 0.1) is 0 Å². The Morgan fingerprint density at radius 2 is 2.21 bits per heavy atom. The van der Waals surface area contributed by atoms with Crippen LogP contribution in [0.15, 0.2) is 28.7 Å². The van der Waals surface area contributed by atoms with E-state index in [1.807, 2.05) is 24.3 Å². The van der Waals surface area contributed by atoms with E-state index in [-0.39, 0.29) is 6.61 Å². The zero-order valence-corrected chi connectivity index (χ0v) is 8.46. The summed E-state index contributed by atoms with van der Waals surface area (Å²) in [4.78, 5) is 4.32. The second kappa shape index (κ2) is 4.48. The van der Waals surface area contributed by atoms with Crippen molar-refractivity contribution in [3.63, 3.8) is 0 Å². The summed E-state index contributed by atoms with van der Waals surface area (Å²) in [6, 6.07) is 7.70. The smallest absolute Gasteiger partial charge is 0.205 e. The van der Waals surface area contributed by atoms with Crippen molar-refractivity contribution in [3.8, 4) is 0 Å². The molecule has 0 aliphatic heterocycles. The number of hydrogen-bond donors (Lipinski definition) is 1. The normalized spacial score (nSPS) is 10.9. The molecule has 1 aromatic carbocycles. The third-order valence-corrected chi connectivity index (χ3v) is 2.72. The number of fused-ring (bicyclic) bond motifs is 1. The number of nitrogens with zero attached hydrogens (tertiary/aromatic N) is 1. The molecule has 14 heavy (non-hydrogen) atoms. The Morgan fingerprint density at radius 3 is 3.00 bits per heavy atom. The topological polar surface area (TPSA) is 46.3 Å². The van der Waals surface area contributed by atoms with Crippen LogP contribution in [0.3, 0.4) is 0 Å². The fraction of sp³-hybridized carbons (Fsp3) is 0.300. The summed E-state index contributed by atoms with van der Waals surface area (Å²) in [5, 5.41) is 8.61. The van der Waals surface area contributed by atoms with Gasteiger partial charge in [0.2, 0.25) is 5.89 Å². The van der Waals surface area contributed by atoms with E-state index < -0.39 is 0 Å². The average molecular weight is 209 g/mol. The van der Waals surface area contributed by atoms with Crippen molar-refractivity contribution >= 4 is 22.9 Å². The monoisotopic (exact) mass is 209 g/mol. The van der Waals surface area contributed by atoms with Crippen LogP contribution in [-0.2, 0) is 5.75 Å². The predicted octanol–water partition coefficient (Wildman–Crippen LogP) is 2.05. The molecule has 2 aromatic rings. The van der Waals surface area contributed by atoms with E-state index >= 15 is 0 Å². The molecule has 0 radical (unpaired) electrons. The summed E-state index contributed by atoms with van der Waals surface area (Å²) < 4.78 is 5.50. The Balaban J connectivity index is 2.11. The summed E-state index contributed by atoms with van der Waals surface area (Å²) in [5.41, 5.74) is 1.72. The highest BCUT2D eigenvalue weighted by atomic mass is 32.2. The predicted molar refractivity (Wildman–Crippen MR) is 57.3 cm³/mol. The molecule has 0 fully saturated rings. The average Bonchev–Trinajstić information content (AvgIpc) is 2.60. The molecule has 1 aromatic heterocycles. The van der Waals surface area contributed by atoms with Crippen LogP contribution >= 0.6 is 11.8 Å². The summed E-state index contributed by atoms with van der Waals surface area (Å²) in [5.74, 6) is 2.16. The number of oxazole rings is 1. The molecule has 1 N–H and O–H groups in total. The molecule has 4 heteroatoms. The Labute approximate surface area is 86.1 Å². The van der Waals surface area contributed by atoms with Gasteiger partial charge in [0.1, 0.15) is 5.52 Å². The quantitative estimate of drug-likeness (QED) is 0.783. The summed E-state index contributed by atoms with van der Waals surface area (Å²) in [6.45, 7) is 0.199. The number of aliphatic hydroxyl groups excluding tert-OH is 1. The number of benzene rings is 1. The number of rotatable bonds is 4. The first kappa shape index (κ1) is 9.55. The molecule has 0 bridgehead atoms. The van der Waals surface area contributed by atoms with Gasteiger partial charge in [-0.15, -0.1) is 11.8 Å². The van der Waals surface area contributed by atoms with Crippen LogP contribution in [-0.4, -0.2) is 22.5 Å². The van der Waals surface area contributed by atoms with Crippen molar-refractivity contribution in [2.75, 3.05) is 12.4 Å². The van der Waals surface area contributed by atoms with Crippen LogP contribution in [0.2, 0.25) is 0 Å². The van der Waals surface area contributed by atoms with Crippen molar-refractivity contribution in [1.29, 1.82) is 0 Å². The standard InChI is InChI=1S/C10H11NO2S/c12-5-6-14-7-10-11-8-3-1-2-4-9(8)13-10/h1-4,12H,5-7H2. The lowest BCUT2D eigenvalue weighted by Gasteiger charge is -1.92. The Bertz CT molecular complexity index is 380. The van der Waals surface area contributed by atoms with Crippen molar-refractivity contribution in [2.45, 2.75) is 5.75 Å². The summed E-state index contributed by atoms with van der Waals surface area (Å²) in [6.07, 6.45) is 0. The highest BCUT2D eigenvalue weighted by molar-refractivity contribution is 7.98. The molecule has 3 nitrogen and oxygen atoms in total.